The lowest BCUT2D eigenvalue weighted by molar-refractivity contribution is -0.140. The highest BCUT2D eigenvalue weighted by Crippen LogP contribution is 2.41. The highest BCUT2D eigenvalue weighted by molar-refractivity contribution is 6.26. The molecule has 132 valence electrons. The lowest BCUT2D eigenvalue weighted by Gasteiger charge is -2.13. The number of rotatable bonds is 4. The second-order valence-electron chi connectivity index (χ2n) is 5.76. The van der Waals surface area contributed by atoms with E-state index < -0.39 is 0 Å². The molecule has 0 bridgehead atoms. The number of esters is 1. The van der Waals surface area contributed by atoms with Gasteiger partial charge in [0.05, 0.1) is 29.1 Å². The van der Waals surface area contributed by atoms with Gasteiger partial charge in [-0.05, 0) is 13.0 Å². The number of carbonyl (C=O) groups is 2. The molecular weight excluding hydrogens is 352 g/mol. The number of nitrogens with zero attached hydrogens (tertiary/aromatic N) is 1. The van der Waals surface area contributed by atoms with Crippen LogP contribution in [0.2, 0.25) is 0 Å². The summed E-state index contributed by atoms with van der Waals surface area (Å²) in [6, 6.07) is 15.0. The molecule has 6 heteroatoms. The molecule has 5 nitrogen and oxygen atoms in total. The van der Waals surface area contributed by atoms with Crippen LogP contribution in [0.4, 0.5) is 5.69 Å². The predicted octanol–water partition coefficient (Wildman–Crippen LogP) is 3.84. The topological polar surface area (TPSA) is 68.3 Å². The largest absolute Gasteiger partial charge is 0.465 e. The average Bonchev–Trinajstić information content (AvgIpc) is 2.92. The molecule has 4 rings (SSSR count). The number of hydrogen-bond donors (Lipinski definition) is 1. The summed E-state index contributed by atoms with van der Waals surface area (Å²) >= 11 is 0. The van der Waals surface area contributed by atoms with E-state index in [-0.39, 0.29) is 30.7 Å². The third-order valence-electron chi connectivity index (χ3n) is 4.26. The Hall–Kier alpha value is -2.92. The number of fused-ring (bicyclic) bond motifs is 4. The van der Waals surface area contributed by atoms with Gasteiger partial charge in [0.15, 0.2) is 5.78 Å². The minimum absolute atomic E-state index is 0. The summed E-state index contributed by atoms with van der Waals surface area (Å²) in [4.78, 5) is 29.4. The van der Waals surface area contributed by atoms with Crippen LogP contribution in [-0.2, 0) is 9.53 Å². The van der Waals surface area contributed by atoms with Gasteiger partial charge >= 0.3 is 5.97 Å². The SMILES string of the molecule is CCOC(=O)CNc1c2c(nc3ccccc13)-c1ccccc1C2=O.Cl. The van der Waals surface area contributed by atoms with Crippen LogP contribution in [0.15, 0.2) is 48.5 Å². The maximum absolute atomic E-state index is 12.9. The summed E-state index contributed by atoms with van der Waals surface area (Å²) in [5.41, 5.74) is 4.05. The third-order valence-corrected chi connectivity index (χ3v) is 4.26. The average molecular weight is 369 g/mol. The second-order valence-corrected chi connectivity index (χ2v) is 5.76. The molecule has 1 aliphatic carbocycles. The molecule has 0 atom stereocenters. The molecule has 0 amide bonds. The molecule has 0 saturated carbocycles. The Balaban J connectivity index is 0.00000196. The van der Waals surface area contributed by atoms with E-state index in [1.54, 1.807) is 13.0 Å². The highest BCUT2D eigenvalue weighted by atomic mass is 35.5. The van der Waals surface area contributed by atoms with Crippen molar-refractivity contribution in [3.05, 3.63) is 59.7 Å². The number of para-hydroxylation sites is 1. The van der Waals surface area contributed by atoms with Crippen LogP contribution in [-0.4, -0.2) is 29.9 Å². The Bertz CT molecular complexity index is 1020. The van der Waals surface area contributed by atoms with Crippen molar-refractivity contribution in [3.63, 3.8) is 0 Å². The Morgan fingerprint density at radius 3 is 2.54 bits per heavy atom. The number of benzene rings is 2. The third kappa shape index (κ3) is 2.80. The lowest BCUT2D eigenvalue weighted by Crippen LogP contribution is -2.18. The Labute approximate surface area is 156 Å². The number of hydrogen-bond acceptors (Lipinski definition) is 5. The van der Waals surface area contributed by atoms with Gasteiger partial charge in [-0.25, -0.2) is 4.98 Å². The van der Waals surface area contributed by atoms with E-state index in [4.69, 9.17) is 9.72 Å². The van der Waals surface area contributed by atoms with Gasteiger partial charge in [-0.1, -0.05) is 42.5 Å². The molecule has 1 aromatic heterocycles. The molecule has 0 spiro atoms. The van der Waals surface area contributed by atoms with Gasteiger partial charge in [-0.2, -0.15) is 0 Å². The molecule has 1 aliphatic rings. The van der Waals surface area contributed by atoms with E-state index in [0.717, 1.165) is 16.5 Å². The Kier molecular flexibility index (Phi) is 4.91. The first-order valence-corrected chi connectivity index (χ1v) is 8.17. The zero-order valence-electron chi connectivity index (χ0n) is 14.1. The molecule has 0 aliphatic heterocycles. The Morgan fingerprint density at radius 2 is 1.77 bits per heavy atom. The second kappa shape index (κ2) is 7.14. The number of anilines is 1. The fraction of sp³-hybridized carbons (Fsp3) is 0.150. The van der Waals surface area contributed by atoms with Crippen molar-refractivity contribution in [3.8, 4) is 11.3 Å². The zero-order valence-corrected chi connectivity index (χ0v) is 14.9. The first-order chi connectivity index (χ1) is 12.2. The van der Waals surface area contributed by atoms with Crippen molar-refractivity contribution in [2.24, 2.45) is 0 Å². The van der Waals surface area contributed by atoms with Gasteiger partial charge in [0.2, 0.25) is 0 Å². The van der Waals surface area contributed by atoms with Crippen molar-refractivity contribution in [2.75, 3.05) is 18.5 Å². The fourth-order valence-electron chi connectivity index (χ4n) is 3.21. The summed E-state index contributed by atoms with van der Waals surface area (Å²) in [6.07, 6.45) is 0. The molecule has 1 heterocycles. The van der Waals surface area contributed by atoms with Crippen LogP contribution in [0.25, 0.3) is 22.2 Å². The minimum atomic E-state index is -0.361. The molecule has 0 radical (unpaired) electrons. The van der Waals surface area contributed by atoms with E-state index in [9.17, 15) is 9.59 Å². The van der Waals surface area contributed by atoms with Gasteiger partial charge in [-0.15, -0.1) is 12.4 Å². The van der Waals surface area contributed by atoms with E-state index >= 15 is 0 Å². The van der Waals surface area contributed by atoms with Crippen LogP contribution in [0.1, 0.15) is 22.8 Å². The zero-order chi connectivity index (χ0) is 17.4. The monoisotopic (exact) mass is 368 g/mol. The van der Waals surface area contributed by atoms with Crippen LogP contribution in [0.5, 0.6) is 0 Å². The van der Waals surface area contributed by atoms with Crippen molar-refractivity contribution in [1.82, 2.24) is 4.98 Å². The first kappa shape index (κ1) is 17.9. The Morgan fingerprint density at radius 1 is 1.08 bits per heavy atom. The highest BCUT2D eigenvalue weighted by Gasteiger charge is 2.31. The van der Waals surface area contributed by atoms with E-state index in [2.05, 4.69) is 5.32 Å². The smallest absolute Gasteiger partial charge is 0.325 e. The fourth-order valence-corrected chi connectivity index (χ4v) is 3.21. The van der Waals surface area contributed by atoms with Crippen molar-refractivity contribution < 1.29 is 14.3 Å². The molecule has 0 unspecified atom stereocenters. The summed E-state index contributed by atoms with van der Waals surface area (Å²) < 4.78 is 4.98. The predicted molar refractivity (Wildman–Crippen MR) is 103 cm³/mol. The molecule has 2 aromatic carbocycles. The standard InChI is InChI=1S/C20H16N2O3.ClH/c1-2-25-16(23)11-21-18-14-9-5-6-10-15(14)22-19-12-7-3-4-8-13(12)20(24)17(18)19;/h3-10H,2,11H2,1H3,(H,21,22);1H. The van der Waals surface area contributed by atoms with Crippen LogP contribution in [0, 0.1) is 0 Å². The van der Waals surface area contributed by atoms with Gasteiger partial charge in [0, 0.05) is 16.5 Å². The number of aromatic nitrogens is 1. The molecule has 0 fully saturated rings. The molecule has 26 heavy (non-hydrogen) atoms. The summed E-state index contributed by atoms with van der Waals surface area (Å²) in [7, 11) is 0. The number of halogens is 1. The quantitative estimate of drug-likeness (QED) is 0.554. The van der Waals surface area contributed by atoms with Crippen LogP contribution >= 0.6 is 12.4 Å². The summed E-state index contributed by atoms with van der Waals surface area (Å²) in [6.45, 7) is 2.08. The number of pyridine rings is 1. The van der Waals surface area contributed by atoms with E-state index in [0.29, 0.717) is 29.1 Å². The lowest BCUT2D eigenvalue weighted by atomic mass is 10.0. The number of ether oxygens (including phenoxy) is 1. The maximum Gasteiger partial charge on any atom is 0.325 e. The first-order valence-electron chi connectivity index (χ1n) is 8.17. The van der Waals surface area contributed by atoms with Crippen molar-refractivity contribution in [1.29, 1.82) is 0 Å². The van der Waals surface area contributed by atoms with E-state index in [1.165, 1.54) is 0 Å². The molecule has 1 N–H and O–H groups in total. The molecular formula is C20H17ClN2O3. The maximum atomic E-state index is 12.9. The number of carbonyl (C=O) groups excluding carboxylic acids is 2. The normalized spacial score (nSPS) is 11.5. The van der Waals surface area contributed by atoms with Gasteiger partial charge in [-0.3, -0.25) is 9.59 Å². The molecule has 0 saturated heterocycles. The van der Waals surface area contributed by atoms with Gasteiger partial charge < -0.3 is 10.1 Å². The van der Waals surface area contributed by atoms with Gasteiger partial charge in [0.1, 0.15) is 6.54 Å². The van der Waals surface area contributed by atoms with Crippen molar-refractivity contribution >= 4 is 40.7 Å². The molecule has 3 aromatic rings. The van der Waals surface area contributed by atoms with E-state index in [1.807, 2.05) is 42.5 Å². The number of nitrogens with one attached hydrogen (secondary N) is 1. The summed E-state index contributed by atoms with van der Waals surface area (Å²) in [5, 5.41) is 3.91. The number of ketones is 1. The summed E-state index contributed by atoms with van der Waals surface area (Å²) in [5.74, 6) is -0.435. The van der Waals surface area contributed by atoms with Crippen LogP contribution in [0.3, 0.4) is 0 Å². The van der Waals surface area contributed by atoms with Crippen LogP contribution < -0.4 is 5.32 Å². The van der Waals surface area contributed by atoms with Gasteiger partial charge in [0.25, 0.3) is 0 Å². The minimum Gasteiger partial charge on any atom is -0.465 e. The van der Waals surface area contributed by atoms with Crippen molar-refractivity contribution in [2.45, 2.75) is 6.92 Å².